The molecule has 2 saturated heterocycles. The first kappa shape index (κ1) is 20.2. The highest BCUT2D eigenvalue weighted by atomic mass is 32.2. The number of anilines is 1. The Labute approximate surface area is 165 Å². The number of hydrogen-bond donors (Lipinski definition) is 2. The first-order valence-corrected chi connectivity index (χ1v) is 11.0. The van der Waals surface area contributed by atoms with E-state index in [1.807, 2.05) is 23.9 Å². The number of nitrogens with two attached hydrogens (primary N) is 1. The SMILES string of the molecule is NC(=O)CC1CCCCN1CC(=O)Nc1cccc(CN2CCSCC2)c1. The number of carbonyl (C=O) groups is 2. The summed E-state index contributed by atoms with van der Waals surface area (Å²) in [6.45, 7) is 4.33. The molecule has 1 aromatic rings. The van der Waals surface area contributed by atoms with E-state index in [9.17, 15) is 9.59 Å². The Kier molecular flexibility index (Phi) is 7.55. The lowest BCUT2D eigenvalue weighted by Gasteiger charge is -2.34. The molecular weight excluding hydrogens is 360 g/mol. The minimum absolute atomic E-state index is 0.0297. The molecule has 2 heterocycles. The van der Waals surface area contributed by atoms with Crippen LogP contribution in [0.5, 0.6) is 0 Å². The van der Waals surface area contributed by atoms with E-state index in [0.29, 0.717) is 13.0 Å². The summed E-state index contributed by atoms with van der Waals surface area (Å²) in [6.07, 6.45) is 3.41. The Hall–Kier alpha value is -1.57. The first-order valence-electron chi connectivity index (χ1n) is 9.81. The topological polar surface area (TPSA) is 78.7 Å². The normalized spacial score (nSPS) is 21.7. The van der Waals surface area contributed by atoms with E-state index in [0.717, 1.165) is 51.1 Å². The lowest BCUT2D eigenvalue weighted by atomic mass is 9.99. The molecule has 2 aliphatic rings. The van der Waals surface area contributed by atoms with Crippen molar-refractivity contribution < 1.29 is 9.59 Å². The second kappa shape index (κ2) is 10.1. The molecule has 0 radical (unpaired) electrons. The Balaban J connectivity index is 1.53. The first-order chi connectivity index (χ1) is 13.1. The van der Waals surface area contributed by atoms with Crippen molar-refractivity contribution in [1.82, 2.24) is 9.80 Å². The van der Waals surface area contributed by atoms with Gasteiger partial charge in [0.05, 0.1) is 6.54 Å². The number of likely N-dealkylation sites (tertiary alicyclic amines) is 1. The number of primary amides is 1. The van der Waals surface area contributed by atoms with E-state index in [1.165, 1.54) is 17.1 Å². The van der Waals surface area contributed by atoms with Gasteiger partial charge in [-0.3, -0.25) is 19.4 Å². The highest BCUT2D eigenvalue weighted by Gasteiger charge is 2.25. The molecule has 2 amide bonds. The standard InChI is InChI=1S/C20H30N4O2S/c21-19(25)13-18-6-1-2-7-24(18)15-20(26)22-17-5-3-4-16(12-17)14-23-8-10-27-11-9-23/h3-5,12,18H,1-2,6-11,13-15H2,(H2,21,25)(H,22,26). The van der Waals surface area contributed by atoms with Crippen LogP contribution in [-0.2, 0) is 16.1 Å². The number of nitrogens with zero attached hydrogens (tertiary/aromatic N) is 2. The van der Waals surface area contributed by atoms with E-state index in [-0.39, 0.29) is 17.9 Å². The van der Waals surface area contributed by atoms with E-state index in [2.05, 4.69) is 27.2 Å². The van der Waals surface area contributed by atoms with Crippen LogP contribution in [0, 0.1) is 0 Å². The summed E-state index contributed by atoms with van der Waals surface area (Å²) in [6, 6.07) is 8.21. The highest BCUT2D eigenvalue weighted by molar-refractivity contribution is 7.99. The number of carbonyl (C=O) groups excluding carboxylic acids is 2. The van der Waals surface area contributed by atoms with Crippen molar-refractivity contribution in [2.24, 2.45) is 5.73 Å². The maximum absolute atomic E-state index is 12.5. The molecule has 0 aromatic heterocycles. The van der Waals surface area contributed by atoms with Crippen LogP contribution < -0.4 is 11.1 Å². The van der Waals surface area contributed by atoms with Crippen LogP contribution in [0.15, 0.2) is 24.3 Å². The zero-order chi connectivity index (χ0) is 19.1. The average molecular weight is 391 g/mol. The summed E-state index contributed by atoms with van der Waals surface area (Å²) < 4.78 is 0. The minimum atomic E-state index is -0.295. The van der Waals surface area contributed by atoms with Gasteiger partial charge < -0.3 is 11.1 Å². The number of nitrogens with one attached hydrogen (secondary N) is 1. The molecule has 3 N–H and O–H groups in total. The molecule has 1 unspecified atom stereocenters. The van der Waals surface area contributed by atoms with Gasteiger partial charge in [-0.15, -0.1) is 0 Å². The third-order valence-corrected chi connectivity index (χ3v) is 6.20. The monoisotopic (exact) mass is 390 g/mol. The van der Waals surface area contributed by atoms with Gasteiger partial charge >= 0.3 is 0 Å². The lowest BCUT2D eigenvalue weighted by molar-refractivity contribution is -0.122. The largest absolute Gasteiger partial charge is 0.370 e. The van der Waals surface area contributed by atoms with Gasteiger partial charge in [0.25, 0.3) is 0 Å². The second-order valence-corrected chi connectivity index (χ2v) is 8.65. The quantitative estimate of drug-likeness (QED) is 0.743. The second-order valence-electron chi connectivity index (χ2n) is 7.43. The summed E-state index contributed by atoms with van der Waals surface area (Å²) >= 11 is 2.01. The maximum Gasteiger partial charge on any atom is 0.238 e. The molecule has 0 aliphatic carbocycles. The lowest BCUT2D eigenvalue weighted by Crippen LogP contribution is -2.45. The highest BCUT2D eigenvalue weighted by Crippen LogP contribution is 2.20. The number of piperidine rings is 1. The Morgan fingerprint density at radius 3 is 2.78 bits per heavy atom. The molecule has 0 bridgehead atoms. The van der Waals surface area contributed by atoms with Gasteiger partial charge in [-0.2, -0.15) is 11.8 Å². The molecule has 2 aliphatic heterocycles. The third-order valence-electron chi connectivity index (χ3n) is 5.25. The predicted octanol–water partition coefficient (Wildman–Crippen LogP) is 1.90. The number of thioether (sulfide) groups is 1. The smallest absolute Gasteiger partial charge is 0.238 e. The van der Waals surface area contributed by atoms with Crippen molar-refractivity contribution >= 4 is 29.3 Å². The Bertz CT molecular complexity index is 649. The van der Waals surface area contributed by atoms with E-state index in [4.69, 9.17) is 5.73 Å². The van der Waals surface area contributed by atoms with Crippen LogP contribution in [0.1, 0.15) is 31.2 Å². The molecule has 2 fully saturated rings. The summed E-state index contributed by atoms with van der Waals surface area (Å²) in [5.74, 6) is 2.06. The summed E-state index contributed by atoms with van der Waals surface area (Å²) in [7, 11) is 0. The zero-order valence-corrected chi connectivity index (χ0v) is 16.7. The number of hydrogen-bond acceptors (Lipinski definition) is 5. The average Bonchev–Trinajstić information content (AvgIpc) is 2.64. The molecule has 6 nitrogen and oxygen atoms in total. The molecule has 7 heteroatoms. The van der Waals surface area contributed by atoms with Gasteiger partial charge in [0.1, 0.15) is 0 Å². The molecule has 148 valence electrons. The van der Waals surface area contributed by atoms with Gasteiger partial charge in [-0.25, -0.2) is 0 Å². The predicted molar refractivity (Wildman–Crippen MR) is 111 cm³/mol. The van der Waals surface area contributed by atoms with Crippen LogP contribution in [0.4, 0.5) is 5.69 Å². The van der Waals surface area contributed by atoms with Crippen LogP contribution in [0.2, 0.25) is 0 Å². The van der Waals surface area contributed by atoms with Crippen LogP contribution in [0.3, 0.4) is 0 Å². The summed E-state index contributed by atoms with van der Waals surface area (Å²) in [5, 5.41) is 3.02. The Morgan fingerprint density at radius 1 is 1.19 bits per heavy atom. The van der Waals surface area contributed by atoms with Gasteiger partial charge in [0, 0.05) is 49.3 Å². The van der Waals surface area contributed by atoms with Gasteiger partial charge in [0.15, 0.2) is 0 Å². The fourth-order valence-corrected chi connectivity index (χ4v) is 4.86. The number of rotatable bonds is 7. The van der Waals surface area contributed by atoms with Crippen LogP contribution in [0.25, 0.3) is 0 Å². The molecule has 1 aromatic carbocycles. The summed E-state index contributed by atoms with van der Waals surface area (Å²) in [5.41, 5.74) is 7.43. The van der Waals surface area contributed by atoms with Gasteiger partial charge in [0.2, 0.25) is 11.8 Å². The fraction of sp³-hybridized carbons (Fsp3) is 0.600. The van der Waals surface area contributed by atoms with E-state index >= 15 is 0 Å². The molecule has 1 atom stereocenters. The van der Waals surface area contributed by atoms with E-state index < -0.39 is 0 Å². The van der Waals surface area contributed by atoms with Crippen molar-refractivity contribution in [2.75, 3.05) is 43.0 Å². The van der Waals surface area contributed by atoms with Crippen molar-refractivity contribution in [2.45, 2.75) is 38.3 Å². The summed E-state index contributed by atoms with van der Waals surface area (Å²) in [4.78, 5) is 28.4. The molecule has 0 spiro atoms. The Morgan fingerprint density at radius 2 is 2.00 bits per heavy atom. The van der Waals surface area contributed by atoms with Crippen molar-refractivity contribution in [1.29, 1.82) is 0 Å². The molecule has 0 saturated carbocycles. The van der Waals surface area contributed by atoms with Crippen LogP contribution in [-0.4, -0.2) is 65.3 Å². The molecular formula is C20H30N4O2S. The van der Waals surface area contributed by atoms with Crippen LogP contribution >= 0.6 is 11.8 Å². The van der Waals surface area contributed by atoms with Gasteiger partial charge in [-0.1, -0.05) is 18.6 Å². The minimum Gasteiger partial charge on any atom is -0.370 e. The van der Waals surface area contributed by atoms with Crippen molar-refractivity contribution in [3.05, 3.63) is 29.8 Å². The zero-order valence-electron chi connectivity index (χ0n) is 15.9. The number of benzene rings is 1. The van der Waals surface area contributed by atoms with Gasteiger partial charge in [-0.05, 0) is 37.1 Å². The third kappa shape index (κ3) is 6.52. The number of amides is 2. The van der Waals surface area contributed by atoms with Crippen molar-refractivity contribution in [3.63, 3.8) is 0 Å². The van der Waals surface area contributed by atoms with Crippen molar-refractivity contribution in [3.8, 4) is 0 Å². The molecule has 3 rings (SSSR count). The van der Waals surface area contributed by atoms with E-state index in [1.54, 1.807) is 0 Å². The fourth-order valence-electron chi connectivity index (χ4n) is 3.88. The molecule has 27 heavy (non-hydrogen) atoms. The maximum atomic E-state index is 12.5.